The maximum absolute atomic E-state index is 11.7. The minimum Gasteiger partial charge on any atom is -0.330 e. The topological polar surface area (TPSA) is 56.0 Å². The van der Waals surface area contributed by atoms with Crippen molar-refractivity contribution in [2.45, 2.75) is 26.2 Å². The van der Waals surface area contributed by atoms with Crippen molar-refractivity contribution in [3.63, 3.8) is 0 Å². The van der Waals surface area contributed by atoms with Crippen LogP contribution in [0.1, 0.15) is 25.3 Å². The van der Waals surface area contributed by atoms with Crippen molar-refractivity contribution in [2.24, 2.45) is 11.7 Å². The van der Waals surface area contributed by atoms with E-state index in [1.807, 2.05) is 6.92 Å². The lowest BCUT2D eigenvalue weighted by atomic mass is 10.0. The van der Waals surface area contributed by atoms with Gasteiger partial charge in [0.1, 0.15) is 5.78 Å². The molecule has 16 heavy (non-hydrogen) atoms. The van der Waals surface area contributed by atoms with Gasteiger partial charge in [0.25, 0.3) is 0 Å². The van der Waals surface area contributed by atoms with Gasteiger partial charge in [-0.1, -0.05) is 18.5 Å². The number of rotatable bonds is 6. The molecule has 1 unspecified atom stereocenters. The van der Waals surface area contributed by atoms with Gasteiger partial charge in [-0.05, 0) is 30.5 Å². The van der Waals surface area contributed by atoms with Crippen molar-refractivity contribution in [3.05, 3.63) is 29.0 Å². The predicted octanol–water partition coefficient (Wildman–Crippen LogP) is 2.22. The van der Waals surface area contributed by atoms with Crippen LogP contribution in [0.3, 0.4) is 0 Å². The number of halogens is 1. The summed E-state index contributed by atoms with van der Waals surface area (Å²) in [7, 11) is 0. The van der Waals surface area contributed by atoms with E-state index in [0.717, 1.165) is 12.0 Å². The fraction of sp³-hybridized carbons (Fsp3) is 0.500. The second kappa shape index (κ2) is 6.61. The minimum atomic E-state index is 0.202. The van der Waals surface area contributed by atoms with Gasteiger partial charge in [0.2, 0.25) is 0 Å². The SMILES string of the molecule is CC(CN)CCC(=O)Cc1ccncc1Cl. The van der Waals surface area contributed by atoms with E-state index in [2.05, 4.69) is 4.98 Å². The highest BCUT2D eigenvalue weighted by molar-refractivity contribution is 6.31. The summed E-state index contributed by atoms with van der Waals surface area (Å²) in [5.74, 6) is 0.602. The van der Waals surface area contributed by atoms with Crippen molar-refractivity contribution in [3.8, 4) is 0 Å². The van der Waals surface area contributed by atoms with Gasteiger partial charge < -0.3 is 5.73 Å². The van der Waals surface area contributed by atoms with Crippen molar-refractivity contribution in [2.75, 3.05) is 6.54 Å². The Morgan fingerprint density at radius 3 is 3.00 bits per heavy atom. The smallest absolute Gasteiger partial charge is 0.137 e. The van der Waals surface area contributed by atoms with Crippen LogP contribution in [-0.2, 0) is 11.2 Å². The zero-order valence-corrected chi connectivity index (χ0v) is 10.2. The predicted molar refractivity (Wildman–Crippen MR) is 65.4 cm³/mol. The van der Waals surface area contributed by atoms with E-state index in [-0.39, 0.29) is 5.78 Å². The summed E-state index contributed by atoms with van der Waals surface area (Å²) in [6.07, 6.45) is 5.01. The third-order valence-electron chi connectivity index (χ3n) is 2.56. The van der Waals surface area contributed by atoms with Gasteiger partial charge in [-0.3, -0.25) is 9.78 Å². The highest BCUT2D eigenvalue weighted by Crippen LogP contribution is 2.15. The first kappa shape index (κ1) is 13.1. The Bertz CT molecular complexity index is 355. The molecule has 2 N–H and O–H groups in total. The molecule has 0 saturated carbocycles. The van der Waals surface area contributed by atoms with Crippen molar-refractivity contribution in [1.82, 2.24) is 4.98 Å². The highest BCUT2D eigenvalue weighted by Gasteiger charge is 2.08. The third kappa shape index (κ3) is 4.29. The van der Waals surface area contributed by atoms with Crippen molar-refractivity contribution >= 4 is 17.4 Å². The Morgan fingerprint density at radius 1 is 1.62 bits per heavy atom. The standard InChI is InChI=1S/C12H17ClN2O/c1-9(7-14)2-3-11(16)6-10-4-5-15-8-12(10)13/h4-5,8-9H,2-3,6-7,14H2,1H3. The normalized spacial score (nSPS) is 12.4. The Labute approximate surface area is 101 Å². The summed E-state index contributed by atoms with van der Waals surface area (Å²) in [5.41, 5.74) is 6.34. The number of pyridine rings is 1. The number of aromatic nitrogens is 1. The van der Waals surface area contributed by atoms with E-state index in [4.69, 9.17) is 17.3 Å². The van der Waals surface area contributed by atoms with Crippen molar-refractivity contribution < 1.29 is 4.79 Å². The molecule has 0 aliphatic heterocycles. The Morgan fingerprint density at radius 2 is 2.38 bits per heavy atom. The zero-order chi connectivity index (χ0) is 12.0. The van der Waals surface area contributed by atoms with Crippen LogP contribution < -0.4 is 5.73 Å². The molecule has 0 aromatic carbocycles. The molecule has 0 bridgehead atoms. The first-order valence-corrected chi connectivity index (χ1v) is 5.81. The molecule has 0 fully saturated rings. The molecule has 1 aromatic rings. The molecule has 1 aromatic heterocycles. The lowest BCUT2D eigenvalue weighted by molar-refractivity contribution is -0.118. The van der Waals surface area contributed by atoms with Crippen LogP contribution in [0.2, 0.25) is 5.02 Å². The second-order valence-electron chi connectivity index (χ2n) is 4.06. The molecule has 0 amide bonds. The molecule has 3 nitrogen and oxygen atoms in total. The number of ketones is 1. The maximum Gasteiger partial charge on any atom is 0.137 e. The van der Waals surface area contributed by atoms with E-state index in [1.165, 1.54) is 0 Å². The number of hydrogen-bond acceptors (Lipinski definition) is 3. The number of nitrogens with zero attached hydrogens (tertiary/aromatic N) is 1. The largest absolute Gasteiger partial charge is 0.330 e. The Balaban J connectivity index is 2.43. The molecule has 1 heterocycles. The summed E-state index contributed by atoms with van der Waals surface area (Å²) in [6.45, 7) is 2.68. The lowest BCUT2D eigenvalue weighted by Gasteiger charge is -2.07. The average molecular weight is 241 g/mol. The molecule has 0 radical (unpaired) electrons. The monoisotopic (exact) mass is 240 g/mol. The number of hydrogen-bond donors (Lipinski definition) is 1. The first-order valence-electron chi connectivity index (χ1n) is 5.43. The molecule has 0 saturated heterocycles. The summed E-state index contributed by atoms with van der Waals surface area (Å²) in [5, 5.41) is 0.558. The van der Waals surface area contributed by atoms with Gasteiger partial charge in [-0.2, -0.15) is 0 Å². The molecule has 0 aliphatic rings. The fourth-order valence-corrected chi connectivity index (χ4v) is 1.56. The minimum absolute atomic E-state index is 0.202. The highest BCUT2D eigenvalue weighted by atomic mass is 35.5. The van der Waals surface area contributed by atoms with Gasteiger partial charge in [0.15, 0.2) is 0 Å². The molecule has 1 rings (SSSR count). The van der Waals surface area contributed by atoms with Crippen LogP contribution in [0.5, 0.6) is 0 Å². The van der Waals surface area contributed by atoms with Gasteiger partial charge in [-0.15, -0.1) is 0 Å². The van der Waals surface area contributed by atoms with E-state index in [0.29, 0.717) is 30.3 Å². The van der Waals surface area contributed by atoms with Gasteiger partial charge in [-0.25, -0.2) is 0 Å². The molecular formula is C12H17ClN2O. The van der Waals surface area contributed by atoms with E-state index in [1.54, 1.807) is 18.5 Å². The van der Waals surface area contributed by atoms with E-state index < -0.39 is 0 Å². The molecule has 4 heteroatoms. The first-order chi connectivity index (χ1) is 7.63. The molecule has 0 spiro atoms. The number of carbonyl (C=O) groups excluding carboxylic acids is 1. The van der Waals surface area contributed by atoms with Gasteiger partial charge in [0.05, 0.1) is 5.02 Å². The summed E-state index contributed by atoms with van der Waals surface area (Å²) < 4.78 is 0. The molecular weight excluding hydrogens is 224 g/mol. The van der Waals surface area contributed by atoms with Crippen LogP contribution in [0.25, 0.3) is 0 Å². The summed E-state index contributed by atoms with van der Waals surface area (Å²) in [4.78, 5) is 15.5. The Kier molecular flexibility index (Phi) is 5.43. The maximum atomic E-state index is 11.7. The number of Topliss-reactive ketones (excluding diaryl/α,β-unsaturated/α-hetero) is 1. The van der Waals surface area contributed by atoms with Crippen LogP contribution in [0, 0.1) is 5.92 Å². The third-order valence-corrected chi connectivity index (χ3v) is 2.90. The number of carbonyl (C=O) groups is 1. The zero-order valence-electron chi connectivity index (χ0n) is 9.45. The summed E-state index contributed by atoms with van der Waals surface area (Å²) >= 11 is 5.92. The van der Waals surface area contributed by atoms with Crippen LogP contribution in [-0.4, -0.2) is 17.3 Å². The van der Waals surface area contributed by atoms with Crippen LogP contribution >= 0.6 is 11.6 Å². The van der Waals surface area contributed by atoms with Crippen molar-refractivity contribution in [1.29, 1.82) is 0 Å². The van der Waals surface area contributed by atoms with Crippen LogP contribution in [0.15, 0.2) is 18.5 Å². The quantitative estimate of drug-likeness (QED) is 0.830. The fourth-order valence-electron chi connectivity index (χ4n) is 1.37. The van der Waals surface area contributed by atoms with E-state index >= 15 is 0 Å². The Hall–Kier alpha value is -0.930. The second-order valence-corrected chi connectivity index (χ2v) is 4.47. The summed E-state index contributed by atoms with van der Waals surface area (Å²) in [6, 6.07) is 1.78. The van der Waals surface area contributed by atoms with Crippen LogP contribution in [0.4, 0.5) is 0 Å². The number of nitrogens with two attached hydrogens (primary N) is 1. The lowest BCUT2D eigenvalue weighted by Crippen LogP contribution is -2.13. The molecule has 0 aliphatic carbocycles. The van der Waals surface area contributed by atoms with E-state index in [9.17, 15) is 4.79 Å². The molecule has 88 valence electrons. The molecule has 1 atom stereocenters. The van der Waals surface area contributed by atoms with Gasteiger partial charge in [0, 0.05) is 25.2 Å². The average Bonchev–Trinajstić information content (AvgIpc) is 2.29. The van der Waals surface area contributed by atoms with Gasteiger partial charge >= 0.3 is 0 Å².